The van der Waals surface area contributed by atoms with E-state index in [-0.39, 0.29) is 11.0 Å². The van der Waals surface area contributed by atoms with Crippen LogP contribution in [0.1, 0.15) is 19.8 Å². The Balaban J connectivity index is 2.00. The third-order valence-corrected chi connectivity index (χ3v) is 4.68. The lowest BCUT2D eigenvalue weighted by Crippen LogP contribution is -2.21. The number of rotatable bonds is 5. The monoisotopic (exact) mass is 284 g/mol. The van der Waals surface area contributed by atoms with E-state index >= 15 is 0 Å². The highest BCUT2D eigenvalue weighted by Gasteiger charge is 2.21. The molecule has 2 N–H and O–H groups in total. The summed E-state index contributed by atoms with van der Waals surface area (Å²) in [5.41, 5.74) is 0.791. The Bertz CT molecular complexity index is 530. The van der Waals surface area contributed by atoms with E-state index in [1.165, 1.54) is 7.05 Å². The summed E-state index contributed by atoms with van der Waals surface area (Å²) in [4.78, 5) is 0.265. The molecule has 1 aliphatic heterocycles. The number of nitrogens with one attached hydrogen (secondary N) is 2. The first-order valence-corrected chi connectivity index (χ1v) is 7.92. The van der Waals surface area contributed by atoms with Crippen LogP contribution in [-0.2, 0) is 14.8 Å². The van der Waals surface area contributed by atoms with E-state index in [0.717, 1.165) is 18.5 Å². The minimum absolute atomic E-state index is 0.208. The minimum atomic E-state index is -3.39. The summed E-state index contributed by atoms with van der Waals surface area (Å²) in [5.74, 6) is 0. The molecule has 1 aromatic carbocycles. The Kier molecular flexibility index (Phi) is 4.44. The van der Waals surface area contributed by atoms with Gasteiger partial charge in [-0.3, -0.25) is 0 Å². The first-order valence-electron chi connectivity index (χ1n) is 6.44. The fourth-order valence-electron chi connectivity index (χ4n) is 2.16. The molecule has 2 atom stereocenters. The highest BCUT2D eigenvalue weighted by atomic mass is 32.2. The van der Waals surface area contributed by atoms with Crippen LogP contribution >= 0.6 is 0 Å². The molecular formula is C13H20N2O3S. The Morgan fingerprint density at radius 3 is 2.79 bits per heavy atom. The predicted molar refractivity (Wildman–Crippen MR) is 74.7 cm³/mol. The minimum Gasteiger partial charge on any atom is -0.382 e. The Morgan fingerprint density at radius 1 is 1.37 bits per heavy atom. The molecule has 19 heavy (non-hydrogen) atoms. The summed E-state index contributed by atoms with van der Waals surface area (Å²) in [6.07, 6.45) is 2.66. The van der Waals surface area contributed by atoms with Crippen molar-refractivity contribution in [3.63, 3.8) is 0 Å². The van der Waals surface area contributed by atoms with Crippen LogP contribution < -0.4 is 10.0 Å². The van der Waals surface area contributed by atoms with Crippen LogP contribution in [0.5, 0.6) is 0 Å². The van der Waals surface area contributed by atoms with Gasteiger partial charge in [-0.15, -0.1) is 0 Å². The van der Waals surface area contributed by atoms with Crippen LogP contribution in [0.15, 0.2) is 29.2 Å². The lowest BCUT2D eigenvalue weighted by Gasteiger charge is -2.13. The quantitative estimate of drug-likeness (QED) is 0.861. The van der Waals surface area contributed by atoms with E-state index in [2.05, 4.69) is 17.0 Å². The van der Waals surface area contributed by atoms with Gasteiger partial charge < -0.3 is 10.1 Å². The van der Waals surface area contributed by atoms with Gasteiger partial charge in [0, 0.05) is 12.2 Å². The Morgan fingerprint density at radius 2 is 2.16 bits per heavy atom. The average molecular weight is 284 g/mol. The largest absolute Gasteiger partial charge is 0.382 e. The van der Waals surface area contributed by atoms with Crippen molar-refractivity contribution in [3.05, 3.63) is 24.3 Å². The molecule has 0 aromatic heterocycles. The standard InChI is InChI=1S/C13H20N2O3S/c1-10-6-7-12(18-10)9-15-11-4-3-5-13(8-11)19(16,17)14-2/h3-5,8,10,12,14-15H,6-7,9H2,1-2H3. The van der Waals surface area contributed by atoms with Crippen molar-refractivity contribution in [1.29, 1.82) is 0 Å². The molecule has 0 aliphatic carbocycles. The predicted octanol–water partition coefficient (Wildman–Crippen LogP) is 1.57. The molecular weight excluding hydrogens is 264 g/mol. The zero-order chi connectivity index (χ0) is 13.9. The first kappa shape index (κ1) is 14.3. The van der Waals surface area contributed by atoms with Crippen molar-refractivity contribution in [2.45, 2.75) is 36.9 Å². The van der Waals surface area contributed by atoms with Gasteiger partial charge in [0.2, 0.25) is 10.0 Å². The van der Waals surface area contributed by atoms with E-state index in [0.29, 0.717) is 12.6 Å². The summed E-state index contributed by atoms with van der Waals surface area (Å²) in [6.45, 7) is 2.77. The molecule has 1 aliphatic rings. The van der Waals surface area contributed by atoms with Crippen LogP contribution in [0.4, 0.5) is 5.69 Å². The van der Waals surface area contributed by atoms with Crippen LogP contribution in [0.3, 0.4) is 0 Å². The molecule has 2 unspecified atom stereocenters. The van der Waals surface area contributed by atoms with E-state index in [1.54, 1.807) is 18.2 Å². The highest BCUT2D eigenvalue weighted by molar-refractivity contribution is 7.89. The van der Waals surface area contributed by atoms with E-state index < -0.39 is 10.0 Å². The number of anilines is 1. The van der Waals surface area contributed by atoms with Crippen molar-refractivity contribution in [2.24, 2.45) is 0 Å². The van der Waals surface area contributed by atoms with Gasteiger partial charge in [0.05, 0.1) is 17.1 Å². The fraction of sp³-hybridized carbons (Fsp3) is 0.538. The first-order chi connectivity index (χ1) is 9.01. The second-order valence-electron chi connectivity index (χ2n) is 4.76. The molecule has 0 radical (unpaired) electrons. The van der Waals surface area contributed by atoms with Gasteiger partial charge in [0.1, 0.15) is 0 Å². The highest BCUT2D eigenvalue weighted by Crippen LogP contribution is 2.20. The molecule has 1 aromatic rings. The maximum absolute atomic E-state index is 11.7. The van der Waals surface area contributed by atoms with Gasteiger partial charge in [-0.1, -0.05) is 6.07 Å². The van der Waals surface area contributed by atoms with Crippen LogP contribution in [0.25, 0.3) is 0 Å². The smallest absolute Gasteiger partial charge is 0.240 e. The summed E-state index contributed by atoms with van der Waals surface area (Å²) in [7, 11) is -1.98. The van der Waals surface area contributed by atoms with Crippen LogP contribution in [0, 0.1) is 0 Å². The summed E-state index contributed by atoms with van der Waals surface area (Å²) in [6, 6.07) is 6.78. The molecule has 5 nitrogen and oxygen atoms in total. The molecule has 0 spiro atoms. The van der Waals surface area contributed by atoms with E-state index in [1.807, 2.05) is 6.07 Å². The number of ether oxygens (including phenoxy) is 1. The maximum atomic E-state index is 11.7. The molecule has 1 fully saturated rings. The van der Waals surface area contributed by atoms with Gasteiger partial charge in [0.25, 0.3) is 0 Å². The Hall–Kier alpha value is -1.11. The molecule has 2 rings (SSSR count). The molecule has 0 amide bonds. The van der Waals surface area contributed by atoms with E-state index in [9.17, 15) is 8.42 Å². The third-order valence-electron chi connectivity index (χ3n) is 3.27. The molecule has 1 saturated heterocycles. The number of hydrogen-bond acceptors (Lipinski definition) is 4. The third kappa shape index (κ3) is 3.68. The van der Waals surface area contributed by atoms with Crippen molar-refractivity contribution in [1.82, 2.24) is 4.72 Å². The van der Waals surface area contributed by atoms with Gasteiger partial charge in [0.15, 0.2) is 0 Å². The normalized spacial score (nSPS) is 23.5. The second-order valence-corrected chi connectivity index (χ2v) is 6.65. The average Bonchev–Trinajstić information content (AvgIpc) is 2.82. The van der Waals surface area contributed by atoms with Gasteiger partial charge in [-0.2, -0.15) is 0 Å². The zero-order valence-electron chi connectivity index (χ0n) is 11.2. The lowest BCUT2D eigenvalue weighted by molar-refractivity contribution is 0.0637. The summed E-state index contributed by atoms with van der Waals surface area (Å²) >= 11 is 0. The van der Waals surface area contributed by atoms with Crippen molar-refractivity contribution in [3.8, 4) is 0 Å². The molecule has 106 valence electrons. The summed E-state index contributed by atoms with van der Waals surface area (Å²) in [5, 5.41) is 3.23. The van der Waals surface area contributed by atoms with Crippen LogP contribution in [-0.4, -0.2) is 34.2 Å². The van der Waals surface area contributed by atoms with Crippen molar-refractivity contribution < 1.29 is 13.2 Å². The molecule has 6 heteroatoms. The number of sulfonamides is 1. The Labute approximate surface area is 114 Å². The van der Waals surface area contributed by atoms with Crippen LogP contribution in [0.2, 0.25) is 0 Å². The van der Waals surface area contributed by atoms with E-state index in [4.69, 9.17) is 4.74 Å². The van der Waals surface area contributed by atoms with Crippen molar-refractivity contribution >= 4 is 15.7 Å². The maximum Gasteiger partial charge on any atom is 0.240 e. The number of benzene rings is 1. The zero-order valence-corrected chi connectivity index (χ0v) is 12.0. The summed E-state index contributed by atoms with van der Waals surface area (Å²) < 4.78 is 31.4. The van der Waals surface area contributed by atoms with Crippen molar-refractivity contribution in [2.75, 3.05) is 18.9 Å². The fourth-order valence-corrected chi connectivity index (χ4v) is 2.93. The second kappa shape index (κ2) is 5.90. The lowest BCUT2D eigenvalue weighted by atomic mass is 10.2. The number of hydrogen-bond donors (Lipinski definition) is 2. The topological polar surface area (TPSA) is 67.4 Å². The van der Waals surface area contributed by atoms with Gasteiger partial charge in [-0.05, 0) is 45.0 Å². The molecule has 0 saturated carbocycles. The molecule has 0 bridgehead atoms. The SMILES string of the molecule is CNS(=O)(=O)c1cccc(NCC2CCC(C)O2)c1. The van der Waals surface area contributed by atoms with Gasteiger partial charge >= 0.3 is 0 Å². The van der Waals surface area contributed by atoms with Gasteiger partial charge in [-0.25, -0.2) is 13.1 Å². The molecule has 1 heterocycles.